The lowest BCUT2D eigenvalue weighted by Crippen LogP contribution is -2.35. The lowest BCUT2D eigenvalue weighted by molar-refractivity contribution is 0.0981. The van der Waals surface area contributed by atoms with Crippen molar-refractivity contribution in [2.75, 3.05) is 6.26 Å². The fourth-order valence-corrected chi connectivity index (χ4v) is 5.30. The van der Waals surface area contributed by atoms with Crippen molar-refractivity contribution in [3.8, 4) is 0 Å². The van der Waals surface area contributed by atoms with Crippen LogP contribution in [-0.2, 0) is 10.0 Å². The quantitative estimate of drug-likeness (QED) is 0.560. The highest BCUT2D eigenvalue weighted by molar-refractivity contribution is 7.89. The van der Waals surface area contributed by atoms with Gasteiger partial charge in [0.1, 0.15) is 0 Å². The van der Waals surface area contributed by atoms with Crippen molar-refractivity contribution in [2.24, 2.45) is 0 Å². The van der Waals surface area contributed by atoms with Crippen LogP contribution in [0.1, 0.15) is 66.1 Å². The SMILES string of the molecule is C[C@@H](NC1CCC[C@H](c2ccc(C(=O)NS(C)(=O)=O)cc2)C1)c1cccc2ccccc12. The van der Waals surface area contributed by atoms with Crippen molar-refractivity contribution in [1.29, 1.82) is 0 Å². The van der Waals surface area contributed by atoms with Crippen LogP contribution in [0, 0.1) is 0 Å². The highest BCUT2D eigenvalue weighted by atomic mass is 32.2. The molecule has 0 aliphatic heterocycles. The molecule has 0 bridgehead atoms. The first-order chi connectivity index (χ1) is 15.3. The number of rotatable bonds is 6. The molecule has 0 spiro atoms. The van der Waals surface area contributed by atoms with E-state index in [9.17, 15) is 13.2 Å². The molecule has 3 aromatic carbocycles. The zero-order chi connectivity index (χ0) is 22.7. The third-order valence-corrected chi connectivity index (χ3v) is 6.93. The summed E-state index contributed by atoms with van der Waals surface area (Å²) < 4.78 is 24.6. The summed E-state index contributed by atoms with van der Waals surface area (Å²) in [6, 6.07) is 23.0. The van der Waals surface area contributed by atoms with E-state index in [1.165, 1.54) is 21.9 Å². The topological polar surface area (TPSA) is 75.3 Å². The van der Waals surface area contributed by atoms with E-state index in [1.54, 1.807) is 12.1 Å². The molecular formula is C26H30N2O3S. The molecule has 1 aliphatic rings. The maximum Gasteiger partial charge on any atom is 0.264 e. The van der Waals surface area contributed by atoms with Gasteiger partial charge in [0, 0.05) is 17.6 Å². The van der Waals surface area contributed by atoms with Crippen LogP contribution in [0.15, 0.2) is 66.7 Å². The second kappa shape index (κ2) is 9.43. The van der Waals surface area contributed by atoms with Gasteiger partial charge in [-0.25, -0.2) is 13.1 Å². The Balaban J connectivity index is 1.42. The molecule has 32 heavy (non-hydrogen) atoms. The Kier molecular flexibility index (Phi) is 6.63. The molecule has 1 unspecified atom stereocenters. The number of hydrogen-bond donors (Lipinski definition) is 2. The van der Waals surface area contributed by atoms with Gasteiger partial charge in [-0.2, -0.15) is 0 Å². The van der Waals surface area contributed by atoms with Crippen LogP contribution >= 0.6 is 0 Å². The second-order valence-electron chi connectivity index (χ2n) is 8.84. The van der Waals surface area contributed by atoms with E-state index in [4.69, 9.17) is 0 Å². The van der Waals surface area contributed by atoms with Crippen LogP contribution in [-0.4, -0.2) is 26.6 Å². The minimum atomic E-state index is -3.57. The van der Waals surface area contributed by atoms with Gasteiger partial charge >= 0.3 is 0 Å². The number of carbonyl (C=O) groups is 1. The van der Waals surface area contributed by atoms with Gasteiger partial charge in [0.15, 0.2) is 0 Å². The summed E-state index contributed by atoms with van der Waals surface area (Å²) in [4.78, 5) is 12.0. The molecule has 1 saturated carbocycles. The minimum Gasteiger partial charge on any atom is -0.307 e. The maximum atomic E-state index is 12.0. The number of fused-ring (bicyclic) bond motifs is 1. The monoisotopic (exact) mass is 450 g/mol. The summed E-state index contributed by atoms with van der Waals surface area (Å²) in [5.74, 6) is -0.167. The highest BCUT2D eigenvalue weighted by Gasteiger charge is 2.25. The zero-order valence-electron chi connectivity index (χ0n) is 18.5. The van der Waals surface area contributed by atoms with Crippen molar-refractivity contribution in [3.05, 3.63) is 83.4 Å². The number of benzene rings is 3. The van der Waals surface area contributed by atoms with E-state index in [0.717, 1.165) is 31.9 Å². The lowest BCUT2D eigenvalue weighted by atomic mass is 9.80. The van der Waals surface area contributed by atoms with Crippen LogP contribution in [0.3, 0.4) is 0 Å². The predicted molar refractivity (Wildman–Crippen MR) is 129 cm³/mol. The Bertz CT molecular complexity index is 1200. The van der Waals surface area contributed by atoms with E-state index in [-0.39, 0.29) is 6.04 Å². The Morgan fingerprint density at radius 1 is 0.969 bits per heavy atom. The van der Waals surface area contributed by atoms with Crippen molar-refractivity contribution < 1.29 is 13.2 Å². The Hall–Kier alpha value is -2.70. The molecule has 6 heteroatoms. The first-order valence-electron chi connectivity index (χ1n) is 11.2. The standard InChI is InChI=1S/C26H30N2O3S/c1-18(24-12-6-8-20-7-3-4-11-25(20)24)27-23-10-5-9-22(17-23)19-13-15-21(16-14-19)26(29)28-32(2,30)31/h3-4,6-8,11-16,18,22-23,27H,5,9-10,17H2,1-2H3,(H,28,29)/t18-,22+,23?/m1/s1. The van der Waals surface area contributed by atoms with Crippen molar-refractivity contribution in [1.82, 2.24) is 10.0 Å². The Labute approximate surface area is 190 Å². The van der Waals surface area contributed by atoms with Gasteiger partial charge in [-0.3, -0.25) is 4.79 Å². The predicted octanol–water partition coefficient (Wildman–Crippen LogP) is 4.91. The summed E-state index contributed by atoms with van der Waals surface area (Å²) in [5.41, 5.74) is 2.88. The van der Waals surface area contributed by atoms with Gasteiger partial charge in [0.25, 0.3) is 5.91 Å². The van der Waals surface area contributed by atoms with E-state index < -0.39 is 15.9 Å². The molecule has 1 fully saturated rings. The van der Waals surface area contributed by atoms with Gasteiger partial charge in [0.05, 0.1) is 6.26 Å². The molecule has 5 nitrogen and oxygen atoms in total. The molecule has 0 aromatic heterocycles. The van der Waals surface area contributed by atoms with Gasteiger partial charge in [0.2, 0.25) is 10.0 Å². The summed E-state index contributed by atoms with van der Waals surface area (Å²) in [6.07, 6.45) is 5.45. The van der Waals surface area contributed by atoms with Gasteiger partial charge < -0.3 is 5.32 Å². The van der Waals surface area contributed by atoms with Crippen molar-refractivity contribution >= 4 is 26.7 Å². The molecule has 3 atom stereocenters. The second-order valence-corrected chi connectivity index (χ2v) is 10.6. The molecule has 2 N–H and O–H groups in total. The van der Waals surface area contributed by atoms with Crippen LogP contribution in [0.4, 0.5) is 0 Å². The molecule has 3 aromatic rings. The van der Waals surface area contributed by atoms with Gasteiger partial charge in [-0.15, -0.1) is 0 Å². The average molecular weight is 451 g/mol. The number of amides is 1. The molecular weight excluding hydrogens is 420 g/mol. The van der Waals surface area contributed by atoms with Crippen LogP contribution in [0.2, 0.25) is 0 Å². The highest BCUT2D eigenvalue weighted by Crippen LogP contribution is 2.34. The number of hydrogen-bond acceptors (Lipinski definition) is 4. The molecule has 1 amide bonds. The Morgan fingerprint density at radius 2 is 1.69 bits per heavy atom. The summed E-state index contributed by atoms with van der Waals surface area (Å²) in [7, 11) is -3.57. The van der Waals surface area contributed by atoms with Gasteiger partial charge in [-0.05, 0) is 66.1 Å². The maximum absolute atomic E-state index is 12.0. The molecule has 0 saturated heterocycles. The smallest absolute Gasteiger partial charge is 0.264 e. The minimum absolute atomic E-state index is 0.256. The molecule has 168 valence electrons. The number of sulfonamides is 1. The third kappa shape index (κ3) is 5.37. The average Bonchev–Trinajstić information content (AvgIpc) is 2.78. The Morgan fingerprint density at radius 3 is 2.44 bits per heavy atom. The fourth-order valence-electron chi connectivity index (χ4n) is 4.85. The lowest BCUT2D eigenvalue weighted by Gasteiger charge is -2.32. The van der Waals surface area contributed by atoms with Crippen molar-refractivity contribution in [3.63, 3.8) is 0 Å². The molecule has 0 heterocycles. The first-order valence-corrected chi connectivity index (χ1v) is 13.0. The summed E-state index contributed by atoms with van der Waals surface area (Å²) >= 11 is 0. The molecule has 1 aliphatic carbocycles. The van der Waals surface area contributed by atoms with Crippen LogP contribution < -0.4 is 10.0 Å². The van der Waals surface area contributed by atoms with E-state index in [2.05, 4.69) is 54.7 Å². The van der Waals surface area contributed by atoms with E-state index >= 15 is 0 Å². The van der Waals surface area contributed by atoms with Gasteiger partial charge in [-0.1, -0.05) is 61.0 Å². The first kappa shape index (κ1) is 22.5. The summed E-state index contributed by atoms with van der Waals surface area (Å²) in [5, 5.41) is 6.41. The van der Waals surface area contributed by atoms with Crippen LogP contribution in [0.5, 0.6) is 0 Å². The molecule has 4 rings (SSSR count). The third-order valence-electron chi connectivity index (χ3n) is 6.37. The van der Waals surface area contributed by atoms with Crippen molar-refractivity contribution in [2.45, 2.75) is 50.6 Å². The zero-order valence-corrected chi connectivity index (χ0v) is 19.4. The van der Waals surface area contributed by atoms with E-state index in [0.29, 0.717) is 17.5 Å². The normalized spacial score (nSPS) is 20.1. The molecule has 0 radical (unpaired) electrons. The van der Waals surface area contributed by atoms with Crippen LogP contribution in [0.25, 0.3) is 10.8 Å². The fraction of sp³-hybridized carbons (Fsp3) is 0.346. The largest absolute Gasteiger partial charge is 0.307 e. The number of carbonyl (C=O) groups excluding carboxylic acids is 1. The summed E-state index contributed by atoms with van der Waals surface area (Å²) in [6.45, 7) is 2.24. The number of nitrogens with one attached hydrogen (secondary N) is 2. The van der Waals surface area contributed by atoms with E-state index in [1.807, 2.05) is 16.9 Å².